The number of hydrogen-bond donors (Lipinski definition) is 2. The molecule has 0 saturated heterocycles. The Morgan fingerprint density at radius 1 is 1.29 bits per heavy atom. The van der Waals surface area contributed by atoms with Gasteiger partial charge in [-0.3, -0.25) is 0 Å². The minimum atomic E-state index is -0.670. The van der Waals surface area contributed by atoms with E-state index in [-0.39, 0.29) is 11.6 Å². The Labute approximate surface area is 163 Å². The molecule has 1 aromatic carbocycles. The average Bonchev–Trinajstić information content (AvgIpc) is 3.32. The Balaban J connectivity index is 1.62. The first-order valence-electron chi connectivity index (χ1n) is 9.55. The monoisotopic (exact) mass is 375 g/mol. The van der Waals surface area contributed by atoms with Crippen molar-refractivity contribution in [2.75, 3.05) is 5.32 Å². The van der Waals surface area contributed by atoms with Crippen LogP contribution in [0.1, 0.15) is 52.2 Å². The van der Waals surface area contributed by atoms with Crippen LogP contribution in [0.4, 0.5) is 5.82 Å². The topological polar surface area (TPSA) is 103 Å². The number of nitrogens with one attached hydrogen (secondary N) is 1. The molecule has 8 heteroatoms. The molecular formula is C20H22BN5O2. The zero-order valence-electron chi connectivity index (χ0n) is 15.8. The maximum absolute atomic E-state index is 13.0. The van der Waals surface area contributed by atoms with Crippen LogP contribution in [0, 0.1) is 12.8 Å². The van der Waals surface area contributed by atoms with Gasteiger partial charge in [0.2, 0.25) is 0 Å². The summed E-state index contributed by atoms with van der Waals surface area (Å²) in [7, 11) is 1.78. The third kappa shape index (κ3) is 3.54. The van der Waals surface area contributed by atoms with Crippen molar-refractivity contribution in [3.8, 4) is 0 Å². The molecule has 0 radical (unpaired) electrons. The molecule has 4 rings (SSSR count). The SMILES string of the molecule is Cc1c(NC(=O)c2cc(C(N)=O)nc3ccccc23)nbn1CC1CCCC1. The first kappa shape index (κ1) is 18.3. The third-order valence-corrected chi connectivity index (χ3v) is 5.47. The number of nitrogens with zero attached hydrogens (tertiary/aromatic N) is 3. The standard InChI is InChI=1S/C20H22BN5O2/c1-12-19(25-21-26(12)11-13-6-2-3-7-13)24-20(28)15-10-17(18(22)27)23-16-9-5-4-8-14(15)16/h4-5,8-10,13H,2-3,6-7,11H2,1H3,(H2,22,27)(H,24,28). The van der Waals surface area contributed by atoms with E-state index in [1.165, 1.54) is 31.7 Å². The van der Waals surface area contributed by atoms with Crippen LogP contribution in [-0.4, -0.2) is 33.4 Å². The van der Waals surface area contributed by atoms with E-state index in [9.17, 15) is 9.59 Å². The number of aromatic nitrogens is 3. The summed E-state index contributed by atoms with van der Waals surface area (Å²) in [4.78, 5) is 33.2. The molecule has 1 aliphatic carbocycles. The van der Waals surface area contributed by atoms with E-state index in [0.717, 1.165) is 12.2 Å². The molecule has 0 aliphatic heterocycles. The van der Waals surface area contributed by atoms with Crippen molar-refractivity contribution in [3.05, 3.63) is 47.3 Å². The molecule has 1 fully saturated rings. The van der Waals surface area contributed by atoms with Crippen LogP contribution in [0.25, 0.3) is 10.9 Å². The van der Waals surface area contributed by atoms with Gasteiger partial charge >= 0.3 is 163 Å². The molecule has 28 heavy (non-hydrogen) atoms. The molecule has 0 unspecified atom stereocenters. The van der Waals surface area contributed by atoms with E-state index < -0.39 is 5.91 Å². The summed E-state index contributed by atoms with van der Waals surface area (Å²) in [5, 5.41) is 3.54. The third-order valence-electron chi connectivity index (χ3n) is 5.47. The van der Waals surface area contributed by atoms with Gasteiger partial charge in [0.15, 0.2) is 0 Å². The predicted molar refractivity (Wildman–Crippen MR) is 108 cm³/mol. The Kier molecular flexibility index (Phi) is 4.94. The van der Waals surface area contributed by atoms with Crippen LogP contribution in [0.2, 0.25) is 0 Å². The molecule has 0 atom stereocenters. The average molecular weight is 375 g/mol. The van der Waals surface area contributed by atoms with E-state index in [1.807, 2.05) is 13.0 Å². The van der Waals surface area contributed by atoms with Crippen LogP contribution < -0.4 is 11.1 Å². The Bertz CT molecular complexity index is 1060. The van der Waals surface area contributed by atoms with Crippen molar-refractivity contribution in [1.29, 1.82) is 0 Å². The van der Waals surface area contributed by atoms with Crippen molar-refractivity contribution in [3.63, 3.8) is 0 Å². The number of carbonyl (C=O) groups excluding carboxylic acids is 2. The number of anilines is 1. The number of amides is 2. The molecule has 3 N–H and O–H groups in total. The van der Waals surface area contributed by atoms with Crippen molar-refractivity contribution < 1.29 is 9.59 Å². The van der Waals surface area contributed by atoms with Gasteiger partial charge in [-0.15, -0.1) is 0 Å². The van der Waals surface area contributed by atoms with Gasteiger partial charge in [-0.25, -0.2) is 0 Å². The van der Waals surface area contributed by atoms with Crippen molar-refractivity contribution in [1.82, 2.24) is 14.3 Å². The van der Waals surface area contributed by atoms with Crippen LogP contribution in [0.3, 0.4) is 0 Å². The Hall–Kier alpha value is -3.03. The summed E-state index contributed by atoms with van der Waals surface area (Å²) < 4.78 is 2.10. The van der Waals surface area contributed by atoms with E-state index in [1.54, 1.807) is 25.4 Å². The second kappa shape index (κ2) is 7.54. The number of fused-ring (bicyclic) bond motifs is 1. The summed E-state index contributed by atoms with van der Waals surface area (Å²) in [6.45, 7) is 2.88. The first-order valence-corrected chi connectivity index (χ1v) is 9.55. The van der Waals surface area contributed by atoms with Crippen molar-refractivity contribution in [2.45, 2.75) is 39.2 Å². The second-order valence-electron chi connectivity index (χ2n) is 7.37. The second-order valence-corrected chi connectivity index (χ2v) is 7.37. The molecular weight excluding hydrogens is 353 g/mol. The fourth-order valence-electron chi connectivity index (χ4n) is 3.89. The van der Waals surface area contributed by atoms with Gasteiger partial charge in [0, 0.05) is 0 Å². The zero-order chi connectivity index (χ0) is 19.7. The van der Waals surface area contributed by atoms with E-state index >= 15 is 0 Å². The van der Waals surface area contributed by atoms with Crippen LogP contribution >= 0.6 is 0 Å². The summed E-state index contributed by atoms with van der Waals surface area (Å²) in [5.74, 6) is 0.204. The van der Waals surface area contributed by atoms with E-state index in [0.29, 0.717) is 28.2 Å². The number of benzene rings is 1. The van der Waals surface area contributed by atoms with Gasteiger partial charge in [-0.05, 0) is 0 Å². The molecule has 1 aliphatic rings. The van der Waals surface area contributed by atoms with Gasteiger partial charge in [0.25, 0.3) is 0 Å². The number of hydrogen-bond acceptors (Lipinski definition) is 4. The van der Waals surface area contributed by atoms with E-state index in [2.05, 4.69) is 19.7 Å². The van der Waals surface area contributed by atoms with Crippen molar-refractivity contribution >= 4 is 35.7 Å². The molecule has 0 spiro atoms. The minimum absolute atomic E-state index is 0.0623. The Morgan fingerprint density at radius 3 is 2.79 bits per heavy atom. The van der Waals surface area contributed by atoms with Crippen molar-refractivity contribution in [2.24, 2.45) is 11.7 Å². The number of para-hydroxylation sites is 1. The molecule has 1 saturated carbocycles. The fraction of sp³-hybridized carbons (Fsp3) is 0.350. The van der Waals surface area contributed by atoms with Gasteiger partial charge in [-0.1, -0.05) is 0 Å². The summed E-state index contributed by atoms with van der Waals surface area (Å²) >= 11 is 0. The zero-order valence-corrected chi connectivity index (χ0v) is 15.8. The normalized spacial score (nSPS) is 14.3. The van der Waals surface area contributed by atoms with Gasteiger partial charge in [0.1, 0.15) is 0 Å². The molecule has 0 bridgehead atoms. The Morgan fingerprint density at radius 2 is 2.04 bits per heavy atom. The van der Waals surface area contributed by atoms with Gasteiger partial charge in [-0.2, -0.15) is 0 Å². The molecule has 7 nitrogen and oxygen atoms in total. The molecule has 2 aromatic heterocycles. The van der Waals surface area contributed by atoms with Gasteiger partial charge in [0.05, 0.1) is 0 Å². The summed E-state index contributed by atoms with van der Waals surface area (Å²) in [5.41, 5.74) is 7.27. The summed E-state index contributed by atoms with van der Waals surface area (Å²) in [6.07, 6.45) is 5.08. The van der Waals surface area contributed by atoms with Crippen LogP contribution in [0.5, 0.6) is 0 Å². The number of pyridine rings is 1. The van der Waals surface area contributed by atoms with Crippen LogP contribution in [0.15, 0.2) is 30.3 Å². The predicted octanol–water partition coefficient (Wildman–Crippen LogP) is 2.62. The number of rotatable bonds is 5. The molecule has 3 aromatic rings. The molecule has 2 heterocycles. The number of nitrogens with two attached hydrogens (primary N) is 1. The number of primary amides is 1. The molecule has 2 amide bonds. The molecule has 142 valence electrons. The summed E-state index contributed by atoms with van der Waals surface area (Å²) in [6, 6.07) is 8.61. The first-order chi connectivity index (χ1) is 13.5. The number of carbonyl (C=O) groups is 2. The van der Waals surface area contributed by atoms with E-state index in [4.69, 9.17) is 5.73 Å². The van der Waals surface area contributed by atoms with Gasteiger partial charge < -0.3 is 0 Å². The quantitative estimate of drug-likeness (QED) is 0.716. The fourth-order valence-corrected chi connectivity index (χ4v) is 3.89. The maximum atomic E-state index is 13.0. The van der Waals surface area contributed by atoms with Crippen LogP contribution in [-0.2, 0) is 6.54 Å².